The van der Waals surface area contributed by atoms with E-state index < -0.39 is 23.8 Å². The number of carboxylic acid groups (broad SMARTS) is 2. The molecule has 1 aliphatic carbocycles. The van der Waals surface area contributed by atoms with E-state index in [4.69, 9.17) is 10.2 Å². The molecule has 0 amide bonds. The summed E-state index contributed by atoms with van der Waals surface area (Å²) in [6.45, 7) is 0. The Morgan fingerprint density at radius 2 is 1.29 bits per heavy atom. The van der Waals surface area contributed by atoms with Crippen molar-refractivity contribution in [3.05, 3.63) is 0 Å². The average molecular weight is 238 g/mol. The van der Waals surface area contributed by atoms with Gasteiger partial charge in [0.25, 0.3) is 0 Å². The molecule has 6 heteroatoms. The zero-order chi connectivity index (χ0) is 9.14. The normalized spacial score (nSPS) is 25.4. The van der Waals surface area contributed by atoms with Crippen molar-refractivity contribution in [3.63, 3.8) is 0 Å². The first-order chi connectivity index (χ1) is 5.63. The van der Waals surface area contributed by atoms with Crippen LogP contribution in [0.15, 0.2) is 0 Å². The minimum Gasteiger partial charge on any atom is -1.00 e. The zero-order valence-electron chi connectivity index (χ0n) is 11.4. The monoisotopic (exact) mass is 238 g/mol. The molecule has 14 heavy (non-hydrogen) atoms. The van der Waals surface area contributed by atoms with Gasteiger partial charge in [0.1, 0.15) is 0 Å². The molecule has 0 aliphatic heterocycles. The Kier molecular flexibility index (Phi) is 10.5. The molecule has 0 spiro atoms. The molecule has 1 rings (SSSR count). The summed E-state index contributed by atoms with van der Waals surface area (Å²) in [5.74, 6) is -3.28. The van der Waals surface area contributed by atoms with E-state index in [2.05, 4.69) is 0 Å². The van der Waals surface area contributed by atoms with Gasteiger partial charge in [0.15, 0.2) is 0 Å². The summed E-state index contributed by atoms with van der Waals surface area (Å²) in [4.78, 5) is 21.2. The molecule has 1 fully saturated rings. The van der Waals surface area contributed by atoms with Crippen molar-refractivity contribution < 1.29 is 53.6 Å². The molecule has 0 aromatic rings. The van der Waals surface area contributed by atoms with Crippen LogP contribution < -0.4 is 29.6 Å². The second-order valence-electron chi connectivity index (χ2n) is 3.17. The Morgan fingerprint density at radius 3 is 1.50 bits per heavy atom. The van der Waals surface area contributed by atoms with Crippen molar-refractivity contribution in [1.82, 2.24) is 0 Å². The fraction of sp³-hybridized carbons (Fsp3) is 0.750. The second-order valence-corrected chi connectivity index (χ2v) is 3.17. The predicted octanol–water partition coefficient (Wildman–Crippen LogP) is -2.08. The summed E-state index contributed by atoms with van der Waals surface area (Å²) in [7, 11) is 0. The molecule has 2 unspecified atom stereocenters. The van der Waals surface area contributed by atoms with E-state index in [1.54, 1.807) is 0 Å². The third-order valence-corrected chi connectivity index (χ3v) is 2.40. The quantitative estimate of drug-likeness (QED) is 0.542. The molecule has 74 valence electrons. The van der Waals surface area contributed by atoms with Crippen LogP contribution in [0.1, 0.15) is 30.0 Å². The molecule has 0 saturated heterocycles. The Hall–Kier alpha value is 1.20. The maximum Gasteiger partial charge on any atom is 2.00 e. The van der Waals surface area contributed by atoms with E-state index in [9.17, 15) is 9.59 Å². The van der Waals surface area contributed by atoms with Gasteiger partial charge in [-0.1, -0.05) is 12.8 Å². The number of hydrogen-bond acceptors (Lipinski definition) is 2. The van der Waals surface area contributed by atoms with Crippen molar-refractivity contribution in [2.45, 2.75) is 25.7 Å². The standard InChI is InChI=1S/C8H12O4.Ca.Na.3H/c9-7(10)5-3-1-2-4-6(5)8(11)12;;;;;/h5-6H,1-4H2,(H,9,10)(H,11,12);;;;;/q;+2;+1;3*-1. The van der Waals surface area contributed by atoms with Gasteiger partial charge in [-0.05, 0) is 12.8 Å². The largest absolute Gasteiger partial charge is 2.00 e. The maximum atomic E-state index is 10.6. The molecule has 2 atom stereocenters. The number of rotatable bonds is 2. The van der Waals surface area contributed by atoms with Crippen molar-refractivity contribution in [3.8, 4) is 0 Å². The summed E-state index contributed by atoms with van der Waals surface area (Å²) < 4.78 is 0. The Balaban J connectivity index is -0.0000000960. The average Bonchev–Trinajstić information content (AvgIpc) is 2.04. The molecule has 0 bridgehead atoms. The van der Waals surface area contributed by atoms with Gasteiger partial charge in [-0.3, -0.25) is 9.59 Å². The minimum atomic E-state index is -0.970. The number of carbonyl (C=O) groups is 2. The zero-order valence-corrected chi connectivity index (χ0v) is 12.6. The number of carboxylic acids is 2. The first kappa shape index (κ1) is 17.6. The van der Waals surface area contributed by atoms with Gasteiger partial charge in [-0.15, -0.1) is 0 Å². The van der Waals surface area contributed by atoms with Crippen LogP contribution >= 0.6 is 0 Å². The van der Waals surface area contributed by atoms with Gasteiger partial charge in [0.2, 0.25) is 0 Å². The van der Waals surface area contributed by atoms with Crippen LogP contribution in [-0.4, -0.2) is 59.9 Å². The maximum absolute atomic E-state index is 10.6. The van der Waals surface area contributed by atoms with E-state index in [-0.39, 0.29) is 71.6 Å². The second kappa shape index (κ2) is 8.36. The van der Waals surface area contributed by atoms with Gasteiger partial charge in [-0.25, -0.2) is 0 Å². The summed E-state index contributed by atoms with van der Waals surface area (Å²) in [6.07, 6.45) is 2.68. The van der Waals surface area contributed by atoms with E-state index in [0.717, 1.165) is 12.8 Å². The van der Waals surface area contributed by atoms with Crippen LogP contribution in [0, 0.1) is 11.8 Å². The van der Waals surface area contributed by atoms with Gasteiger partial charge in [0, 0.05) is 0 Å². The Labute approximate surface area is 139 Å². The SMILES string of the molecule is O=C(O)C1CCCCC1C(=O)O.[Ca+2].[H-].[H-].[H-].[Na+]. The fourth-order valence-electron chi connectivity index (χ4n) is 1.72. The van der Waals surface area contributed by atoms with Crippen LogP contribution in [0.3, 0.4) is 0 Å². The summed E-state index contributed by atoms with van der Waals surface area (Å²) >= 11 is 0. The van der Waals surface area contributed by atoms with E-state index in [1.807, 2.05) is 0 Å². The topological polar surface area (TPSA) is 74.6 Å². The van der Waals surface area contributed by atoms with Crippen LogP contribution in [0.5, 0.6) is 0 Å². The Bertz CT molecular complexity index is 199. The fourth-order valence-corrected chi connectivity index (χ4v) is 1.72. The predicted molar refractivity (Wildman–Crippen MR) is 49.8 cm³/mol. The molecule has 0 radical (unpaired) electrons. The number of hydrogen-bond donors (Lipinski definition) is 2. The Morgan fingerprint density at radius 1 is 1.00 bits per heavy atom. The van der Waals surface area contributed by atoms with Gasteiger partial charge < -0.3 is 14.5 Å². The molecular weight excluding hydrogens is 223 g/mol. The summed E-state index contributed by atoms with van der Waals surface area (Å²) in [5, 5.41) is 17.4. The van der Waals surface area contributed by atoms with Crippen molar-refractivity contribution >= 4 is 49.7 Å². The third kappa shape index (κ3) is 4.81. The molecule has 0 heterocycles. The summed E-state index contributed by atoms with van der Waals surface area (Å²) in [5.41, 5.74) is 0. The van der Waals surface area contributed by atoms with E-state index in [0.29, 0.717) is 12.8 Å². The third-order valence-electron chi connectivity index (χ3n) is 2.40. The van der Waals surface area contributed by atoms with Crippen LogP contribution in [0.2, 0.25) is 0 Å². The van der Waals surface area contributed by atoms with Gasteiger partial charge in [0.05, 0.1) is 11.8 Å². The molecule has 0 aromatic carbocycles. The van der Waals surface area contributed by atoms with Crippen LogP contribution in [0.25, 0.3) is 0 Å². The molecule has 1 saturated carbocycles. The number of aliphatic carboxylic acids is 2. The molecule has 4 nitrogen and oxygen atoms in total. The molecule has 1 aliphatic rings. The smallest absolute Gasteiger partial charge is 1.00 e. The van der Waals surface area contributed by atoms with Crippen molar-refractivity contribution in [2.75, 3.05) is 0 Å². The van der Waals surface area contributed by atoms with Crippen LogP contribution in [-0.2, 0) is 9.59 Å². The first-order valence-electron chi connectivity index (χ1n) is 4.08. The van der Waals surface area contributed by atoms with Gasteiger partial charge in [-0.2, -0.15) is 0 Å². The van der Waals surface area contributed by atoms with E-state index in [1.165, 1.54) is 0 Å². The first-order valence-corrected chi connectivity index (χ1v) is 4.08. The van der Waals surface area contributed by atoms with Crippen molar-refractivity contribution in [2.24, 2.45) is 11.8 Å². The van der Waals surface area contributed by atoms with Crippen molar-refractivity contribution in [1.29, 1.82) is 0 Å². The van der Waals surface area contributed by atoms with Gasteiger partial charge >= 0.3 is 79.2 Å². The molecular formula is C8H15CaNaO4. The molecule has 2 N–H and O–H groups in total. The minimum absolute atomic E-state index is 0. The van der Waals surface area contributed by atoms with Crippen LogP contribution in [0.4, 0.5) is 0 Å². The molecule has 0 aromatic heterocycles. The van der Waals surface area contributed by atoms with E-state index >= 15 is 0 Å². The summed E-state index contributed by atoms with van der Waals surface area (Å²) in [6, 6.07) is 0.